The van der Waals surface area contributed by atoms with Gasteiger partial charge in [-0.1, -0.05) is 48.5 Å². The molecule has 6 heteroatoms. The van der Waals surface area contributed by atoms with E-state index in [4.69, 9.17) is 0 Å². The van der Waals surface area contributed by atoms with Gasteiger partial charge in [-0.05, 0) is 37.5 Å². The summed E-state index contributed by atoms with van der Waals surface area (Å²) < 4.78 is 13.7. The molecule has 0 radical (unpaired) electrons. The van der Waals surface area contributed by atoms with E-state index in [-0.39, 0.29) is 11.7 Å². The third kappa shape index (κ3) is 5.60. The van der Waals surface area contributed by atoms with E-state index >= 15 is 0 Å². The van der Waals surface area contributed by atoms with Gasteiger partial charge in [-0.2, -0.15) is 0 Å². The number of hydrogen-bond donors (Lipinski definition) is 1. The van der Waals surface area contributed by atoms with Crippen molar-refractivity contribution in [2.75, 3.05) is 18.0 Å². The average molecular weight is 392 g/mol. The molecule has 1 amide bonds. The quantitative estimate of drug-likeness (QED) is 0.631. The first-order valence-electron chi connectivity index (χ1n) is 9.73. The number of amides is 1. The van der Waals surface area contributed by atoms with Gasteiger partial charge in [0.1, 0.15) is 23.2 Å². The highest BCUT2D eigenvalue weighted by Crippen LogP contribution is 2.16. The molecular formula is C23H25FN4O. The van der Waals surface area contributed by atoms with E-state index in [1.807, 2.05) is 18.2 Å². The Morgan fingerprint density at radius 2 is 1.79 bits per heavy atom. The summed E-state index contributed by atoms with van der Waals surface area (Å²) >= 11 is 0. The fourth-order valence-electron chi connectivity index (χ4n) is 3.09. The number of nitrogens with zero attached hydrogens (tertiary/aromatic N) is 3. The summed E-state index contributed by atoms with van der Waals surface area (Å²) in [6.45, 7) is 5.60. The van der Waals surface area contributed by atoms with E-state index in [0.29, 0.717) is 42.4 Å². The third-order valence-corrected chi connectivity index (χ3v) is 4.62. The third-order valence-electron chi connectivity index (χ3n) is 4.62. The minimum Gasteiger partial charge on any atom is -0.352 e. The molecule has 1 heterocycles. The van der Waals surface area contributed by atoms with Crippen molar-refractivity contribution in [1.29, 1.82) is 0 Å². The molecule has 5 nitrogen and oxygen atoms in total. The van der Waals surface area contributed by atoms with Crippen LogP contribution in [0.4, 0.5) is 10.2 Å². The number of aromatic nitrogens is 2. The molecule has 1 N–H and O–H groups in total. The Morgan fingerprint density at radius 3 is 2.52 bits per heavy atom. The Hall–Kier alpha value is -3.28. The number of nitrogens with one attached hydrogen (secondary N) is 1. The molecule has 3 rings (SSSR count). The van der Waals surface area contributed by atoms with Crippen LogP contribution in [-0.2, 0) is 13.0 Å². The maximum atomic E-state index is 13.7. The highest BCUT2D eigenvalue weighted by Gasteiger charge is 2.14. The van der Waals surface area contributed by atoms with E-state index in [9.17, 15) is 9.18 Å². The van der Waals surface area contributed by atoms with Gasteiger partial charge < -0.3 is 10.2 Å². The van der Waals surface area contributed by atoms with Gasteiger partial charge in [-0.3, -0.25) is 4.79 Å². The van der Waals surface area contributed by atoms with Gasteiger partial charge in [0.25, 0.3) is 5.91 Å². The number of aryl methyl sites for hydroxylation is 1. The number of benzene rings is 2. The zero-order valence-corrected chi connectivity index (χ0v) is 16.7. The second kappa shape index (κ2) is 9.78. The molecule has 0 bridgehead atoms. The monoisotopic (exact) mass is 392 g/mol. The smallest absolute Gasteiger partial charge is 0.270 e. The maximum Gasteiger partial charge on any atom is 0.270 e. The van der Waals surface area contributed by atoms with Crippen LogP contribution in [0, 0.1) is 12.7 Å². The highest BCUT2D eigenvalue weighted by molar-refractivity contribution is 5.92. The lowest BCUT2D eigenvalue weighted by molar-refractivity contribution is 0.0948. The van der Waals surface area contributed by atoms with E-state index in [1.54, 1.807) is 31.2 Å². The van der Waals surface area contributed by atoms with Crippen molar-refractivity contribution in [3.05, 3.63) is 89.1 Å². The lowest BCUT2D eigenvalue weighted by Gasteiger charge is -2.22. The molecule has 0 saturated heterocycles. The fraction of sp³-hybridized carbons (Fsp3) is 0.261. The van der Waals surface area contributed by atoms with Crippen molar-refractivity contribution >= 4 is 11.7 Å². The minimum absolute atomic E-state index is 0.263. The molecule has 0 spiro atoms. The van der Waals surface area contributed by atoms with Crippen molar-refractivity contribution in [3.63, 3.8) is 0 Å². The van der Waals surface area contributed by atoms with Crippen LogP contribution < -0.4 is 10.2 Å². The first-order chi connectivity index (χ1) is 14.1. The molecule has 0 unspecified atom stereocenters. The van der Waals surface area contributed by atoms with Gasteiger partial charge in [0.15, 0.2) is 0 Å². The van der Waals surface area contributed by atoms with Gasteiger partial charge >= 0.3 is 0 Å². The van der Waals surface area contributed by atoms with Gasteiger partial charge in [0.2, 0.25) is 0 Å². The van der Waals surface area contributed by atoms with Crippen LogP contribution in [0.2, 0.25) is 0 Å². The molecule has 2 aromatic carbocycles. The van der Waals surface area contributed by atoms with Crippen molar-refractivity contribution in [3.8, 4) is 0 Å². The van der Waals surface area contributed by atoms with Crippen molar-refractivity contribution in [2.45, 2.75) is 26.8 Å². The van der Waals surface area contributed by atoms with Crippen LogP contribution in [0.3, 0.4) is 0 Å². The number of carbonyl (C=O) groups excluding carboxylic acids is 1. The molecule has 0 fully saturated rings. The van der Waals surface area contributed by atoms with Gasteiger partial charge in [0, 0.05) is 25.7 Å². The summed E-state index contributed by atoms with van der Waals surface area (Å²) in [5, 5.41) is 2.82. The van der Waals surface area contributed by atoms with E-state index in [2.05, 4.69) is 39.2 Å². The number of anilines is 1. The number of carbonyl (C=O) groups is 1. The van der Waals surface area contributed by atoms with Crippen LogP contribution in [0.15, 0.2) is 60.7 Å². The Bertz CT molecular complexity index is 962. The molecule has 3 aromatic rings. The standard InChI is InChI=1S/C23H25FN4O/c1-3-28(16-18-9-5-4-6-10-18)22-15-21(26-17(2)27-22)23(29)25-14-13-19-11-7-8-12-20(19)24/h4-12,15H,3,13-14,16H2,1-2H3,(H,25,29). The summed E-state index contributed by atoms with van der Waals surface area (Å²) in [5.74, 6) is 0.696. The molecule has 1 aromatic heterocycles. The van der Waals surface area contributed by atoms with E-state index < -0.39 is 0 Å². The van der Waals surface area contributed by atoms with Crippen LogP contribution in [0.25, 0.3) is 0 Å². The molecule has 0 aliphatic heterocycles. The van der Waals surface area contributed by atoms with Crippen LogP contribution >= 0.6 is 0 Å². The largest absolute Gasteiger partial charge is 0.352 e. The second-order valence-corrected chi connectivity index (χ2v) is 6.76. The Morgan fingerprint density at radius 1 is 1.07 bits per heavy atom. The van der Waals surface area contributed by atoms with Gasteiger partial charge in [-0.25, -0.2) is 14.4 Å². The lowest BCUT2D eigenvalue weighted by Crippen LogP contribution is -2.28. The summed E-state index contributed by atoms with van der Waals surface area (Å²) in [6, 6.07) is 18.4. The summed E-state index contributed by atoms with van der Waals surface area (Å²) in [7, 11) is 0. The number of hydrogen-bond acceptors (Lipinski definition) is 4. The summed E-state index contributed by atoms with van der Waals surface area (Å²) in [5.41, 5.74) is 2.06. The van der Waals surface area contributed by atoms with Crippen LogP contribution in [0.5, 0.6) is 0 Å². The minimum atomic E-state index is -0.288. The predicted octanol–water partition coefficient (Wildman–Crippen LogP) is 3.92. The average Bonchev–Trinajstić information content (AvgIpc) is 2.73. The van der Waals surface area contributed by atoms with E-state index in [0.717, 1.165) is 6.54 Å². The second-order valence-electron chi connectivity index (χ2n) is 6.76. The molecule has 0 aliphatic rings. The molecule has 150 valence electrons. The predicted molar refractivity (Wildman–Crippen MR) is 112 cm³/mol. The SMILES string of the molecule is CCN(Cc1ccccc1)c1cc(C(=O)NCCc2ccccc2F)nc(C)n1. The summed E-state index contributed by atoms with van der Waals surface area (Å²) in [4.78, 5) is 23.5. The Balaban J connectivity index is 1.68. The first kappa shape index (κ1) is 20.5. The highest BCUT2D eigenvalue weighted by atomic mass is 19.1. The van der Waals surface area contributed by atoms with Gasteiger partial charge in [0.05, 0.1) is 0 Å². The maximum absolute atomic E-state index is 13.7. The Kier molecular flexibility index (Phi) is 6.89. The molecule has 0 atom stereocenters. The van der Waals surface area contributed by atoms with E-state index in [1.165, 1.54) is 11.6 Å². The fourth-order valence-corrected chi connectivity index (χ4v) is 3.09. The zero-order valence-electron chi connectivity index (χ0n) is 16.7. The normalized spacial score (nSPS) is 10.6. The first-order valence-corrected chi connectivity index (χ1v) is 9.73. The van der Waals surface area contributed by atoms with Crippen LogP contribution in [-0.4, -0.2) is 29.0 Å². The lowest BCUT2D eigenvalue weighted by atomic mass is 10.1. The Labute approximate surface area is 170 Å². The van der Waals surface area contributed by atoms with Gasteiger partial charge in [-0.15, -0.1) is 0 Å². The molecule has 0 aliphatic carbocycles. The summed E-state index contributed by atoms with van der Waals surface area (Å²) in [6.07, 6.45) is 0.421. The number of halogens is 1. The number of rotatable bonds is 8. The molecule has 0 saturated carbocycles. The zero-order chi connectivity index (χ0) is 20.6. The van der Waals surface area contributed by atoms with Crippen LogP contribution in [0.1, 0.15) is 34.4 Å². The molecular weight excluding hydrogens is 367 g/mol. The molecule has 29 heavy (non-hydrogen) atoms. The topological polar surface area (TPSA) is 58.1 Å². The van der Waals surface area contributed by atoms with Crippen molar-refractivity contribution < 1.29 is 9.18 Å². The van der Waals surface area contributed by atoms with Crippen molar-refractivity contribution in [2.24, 2.45) is 0 Å². The van der Waals surface area contributed by atoms with Crippen molar-refractivity contribution in [1.82, 2.24) is 15.3 Å².